The summed E-state index contributed by atoms with van der Waals surface area (Å²) in [6.45, 7) is 5.62. The molecule has 0 N–H and O–H groups in total. The quantitative estimate of drug-likeness (QED) is 0.768. The summed E-state index contributed by atoms with van der Waals surface area (Å²) >= 11 is 0. The van der Waals surface area contributed by atoms with E-state index in [1.54, 1.807) is 26.0 Å². The van der Waals surface area contributed by atoms with Crippen molar-refractivity contribution < 1.29 is 17.9 Å². The molecule has 100 valence electrons. The second kappa shape index (κ2) is 6.00. The van der Waals surface area contributed by atoms with Gasteiger partial charge in [-0.3, -0.25) is 4.79 Å². The number of sulfone groups is 1. The van der Waals surface area contributed by atoms with Gasteiger partial charge in [-0.05, 0) is 32.4 Å². The molecule has 1 aromatic rings. The summed E-state index contributed by atoms with van der Waals surface area (Å²) in [7, 11) is -3.42. The molecule has 0 aliphatic heterocycles. The van der Waals surface area contributed by atoms with Gasteiger partial charge in [0.1, 0.15) is 0 Å². The molecule has 5 heteroatoms. The number of carbonyl (C=O) groups excluding carboxylic acids is 1. The van der Waals surface area contributed by atoms with Crippen LogP contribution in [-0.4, -0.2) is 26.7 Å². The number of esters is 1. The lowest BCUT2D eigenvalue weighted by Crippen LogP contribution is -2.14. The molecule has 0 fully saturated rings. The largest absolute Gasteiger partial charge is 0.466 e. The van der Waals surface area contributed by atoms with E-state index in [0.29, 0.717) is 5.56 Å². The van der Waals surface area contributed by atoms with Gasteiger partial charge in [-0.15, -0.1) is 0 Å². The van der Waals surface area contributed by atoms with E-state index in [2.05, 4.69) is 0 Å². The fourth-order valence-electron chi connectivity index (χ4n) is 1.71. The smallest absolute Gasteiger partial charge is 0.306 e. The molecule has 0 unspecified atom stereocenters. The second-order valence-electron chi connectivity index (χ2n) is 4.14. The molecule has 0 atom stereocenters. The van der Waals surface area contributed by atoms with E-state index in [-0.39, 0.29) is 23.7 Å². The first kappa shape index (κ1) is 14.7. The lowest BCUT2D eigenvalue weighted by atomic mass is 10.2. The van der Waals surface area contributed by atoms with E-state index < -0.39 is 15.8 Å². The van der Waals surface area contributed by atoms with Gasteiger partial charge in [0.05, 0.1) is 23.7 Å². The number of benzene rings is 1. The summed E-state index contributed by atoms with van der Waals surface area (Å²) < 4.78 is 28.8. The molecule has 0 amide bonds. The van der Waals surface area contributed by atoms with E-state index in [0.717, 1.165) is 5.56 Å². The minimum Gasteiger partial charge on any atom is -0.466 e. The molecule has 0 aromatic heterocycles. The molecule has 0 spiro atoms. The Morgan fingerprint density at radius 2 is 1.94 bits per heavy atom. The summed E-state index contributed by atoms with van der Waals surface area (Å²) in [6, 6.07) is 5.16. The molecular weight excluding hydrogens is 252 g/mol. The number of aryl methyl sites for hydroxylation is 2. The maximum Gasteiger partial charge on any atom is 0.306 e. The van der Waals surface area contributed by atoms with Gasteiger partial charge in [0.2, 0.25) is 0 Å². The molecule has 1 aromatic carbocycles. The average Bonchev–Trinajstić information content (AvgIpc) is 2.26. The minimum absolute atomic E-state index is 0.108. The van der Waals surface area contributed by atoms with E-state index in [4.69, 9.17) is 4.74 Å². The first-order valence-corrected chi connectivity index (χ1v) is 7.47. The highest BCUT2D eigenvalue weighted by molar-refractivity contribution is 7.91. The molecule has 0 saturated carbocycles. The van der Waals surface area contributed by atoms with Crippen molar-refractivity contribution >= 4 is 15.8 Å². The Morgan fingerprint density at radius 1 is 1.28 bits per heavy atom. The Bertz CT molecular complexity index is 532. The van der Waals surface area contributed by atoms with Crippen LogP contribution >= 0.6 is 0 Å². The molecule has 18 heavy (non-hydrogen) atoms. The molecule has 0 aliphatic carbocycles. The Labute approximate surface area is 108 Å². The monoisotopic (exact) mass is 270 g/mol. The molecule has 0 heterocycles. The van der Waals surface area contributed by atoms with E-state index >= 15 is 0 Å². The predicted molar refractivity (Wildman–Crippen MR) is 69.2 cm³/mol. The predicted octanol–water partition coefficient (Wildman–Crippen LogP) is 2.03. The lowest BCUT2D eigenvalue weighted by molar-refractivity contribution is -0.142. The van der Waals surface area contributed by atoms with Crippen molar-refractivity contribution in [1.29, 1.82) is 0 Å². The van der Waals surface area contributed by atoms with Crippen LogP contribution in [0.1, 0.15) is 24.5 Å². The summed E-state index contributed by atoms with van der Waals surface area (Å²) in [4.78, 5) is 11.5. The highest BCUT2D eigenvalue weighted by Gasteiger charge is 2.18. The molecule has 1 rings (SSSR count). The van der Waals surface area contributed by atoms with Crippen molar-refractivity contribution in [2.45, 2.75) is 32.1 Å². The highest BCUT2D eigenvalue weighted by atomic mass is 32.2. The standard InChI is InChI=1S/C13H18O4S/c1-4-17-13(14)7-8-18(15,16)12-6-5-10(2)9-11(12)3/h5-6,9H,4,7-8H2,1-3H3. The van der Waals surface area contributed by atoms with Gasteiger partial charge in [0.15, 0.2) is 9.84 Å². The first-order chi connectivity index (χ1) is 8.36. The van der Waals surface area contributed by atoms with Crippen LogP contribution in [0.5, 0.6) is 0 Å². The Balaban J connectivity index is 2.83. The highest BCUT2D eigenvalue weighted by Crippen LogP contribution is 2.18. The molecular formula is C13H18O4S. The number of rotatable bonds is 5. The maximum absolute atomic E-state index is 12.1. The number of hydrogen-bond acceptors (Lipinski definition) is 4. The SMILES string of the molecule is CCOC(=O)CCS(=O)(=O)c1ccc(C)cc1C. The first-order valence-electron chi connectivity index (χ1n) is 5.82. The van der Waals surface area contributed by atoms with Crippen LogP contribution in [0.25, 0.3) is 0 Å². The summed E-state index contributed by atoms with van der Waals surface area (Å²) in [5, 5.41) is 0. The van der Waals surface area contributed by atoms with Crippen molar-refractivity contribution in [3.05, 3.63) is 29.3 Å². The van der Waals surface area contributed by atoms with Gasteiger partial charge in [-0.25, -0.2) is 8.42 Å². The van der Waals surface area contributed by atoms with Gasteiger partial charge < -0.3 is 4.74 Å². The van der Waals surface area contributed by atoms with Crippen molar-refractivity contribution in [3.8, 4) is 0 Å². The minimum atomic E-state index is -3.42. The second-order valence-corrected chi connectivity index (χ2v) is 6.22. The summed E-state index contributed by atoms with van der Waals surface area (Å²) in [5.41, 5.74) is 1.72. The van der Waals surface area contributed by atoms with Gasteiger partial charge in [0.25, 0.3) is 0 Å². The van der Waals surface area contributed by atoms with Crippen molar-refractivity contribution in [1.82, 2.24) is 0 Å². The van der Waals surface area contributed by atoms with Gasteiger partial charge >= 0.3 is 5.97 Å². The van der Waals surface area contributed by atoms with Crippen LogP contribution < -0.4 is 0 Å². The zero-order chi connectivity index (χ0) is 13.8. The van der Waals surface area contributed by atoms with Crippen LogP contribution in [-0.2, 0) is 19.4 Å². The van der Waals surface area contributed by atoms with Crippen LogP contribution in [0.3, 0.4) is 0 Å². The van der Waals surface area contributed by atoms with Crippen LogP contribution in [0.15, 0.2) is 23.1 Å². The third-order valence-electron chi connectivity index (χ3n) is 2.55. The number of ether oxygens (including phenoxy) is 1. The van der Waals surface area contributed by atoms with Gasteiger partial charge in [0, 0.05) is 0 Å². The van der Waals surface area contributed by atoms with Crippen molar-refractivity contribution in [2.75, 3.05) is 12.4 Å². The number of carbonyl (C=O) groups is 1. The van der Waals surface area contributed by atoms with Crippen LogP contribution in [0, 0.1) is 13.8 Å². The molecule has 4 nitrogen and oxygen atoms in total. The zero-order valence-corrected chi connectivity index (χ0v) is 11.7. The van der Waals surface area contributed by atoms with Gasteiger partial charge in [-0.1, -0.05) is 17.7 Å². The fraction of sp³-hybridized carbons (Fsp3) is 0.462. The molecule has 0 aliphatic rings. The fourth-order valence-corrected chi connectivity index (χ4v) is 3.19. The maximum atomic E-state index is 12.1. The Hall–Kier alpha value is -1.36. The Kier molecular flexibility index (Phi) is 4.90. The summed E-state index contributed by atoms with van der Waals surface area (Å²) in [6.07, 6.45) is -0.108. The molecule has 0 bridgehead atoms. The van der Waals surface area contributed by atoms with Gasteiger partial charge in [-0.2, -0.15) is 0 Å². The van der Waals surface area contributed by atoms with Crippen LogP contribution in [0.4, 0.5) is 0 Å². The van der Waals surface area contributed by atoms with E-state index in [1.807, 2.05) is 13.0 Å². The number of hydrogen-bond donors (Lipinski definition) is 0. The topological polar surface area (TPSA) is 60.4 Å². The summed E-state index contributed by atoms with van der Waals surface area (Å²) in [5.74, 6) is -0.693. The molecule has 0 radical (unpaired) electrons. The van der Waals surface area contributed by atoms with Crippen molar-refractivity contribution in [3.63, 3.8) is 0 Å². The average molecular weight is 270 g/mol. The third kappa shape index (κ3) is 3.84. The normalized spacial score (nSPS) is 11.3. The van der Waals surface area contributed by atoms with E-state index in [9.17, 15) is 13.2 Å². The Morgan fingerprint density at radius 3 is 2.50 bits per heavy atom. The zero-order valence-electron chi connectivity index (χ0n) is 10.9. The molecule has 0 saturated heterocycles. The lowest BCUT2D eigenvalue weighted by Gasteiger charge is -2.08. The van der Waals surface area contributed by atoms with E-state index in [1.165, 1.54) is 0 Å². The van der Waals surface area contributed by atoms with Crippen LogP contribution in [0.2, 0.25) is 0 Å². The third-order valence-corrected chi connectivity index (χ3v) is 4.42. The van der Waals surface area contributed by atoms with Crippen molar-refractivity contribution in [2.24, 2.45) is 0 Å².